The summed E-state index contributed by atoms with van der Waals surface area (Å²) in [5, 5.41) is 3.34. The third kappa shape index (κ3) is 1.99. The van der Waals surface area contributed by atoms with E-state index in [2.05, 4.69) is 5.32 Å². The van der Waals surface area contributed by atoms with Crippen molar-refractivity contribution in [2.24, 2.45) is 17.8 Å². The number of hydrogen-bond donors (Lipinski definition) is 1. The van der Waals surface area contributed by atoms with E-state index in [1.807, 2.05) is 0 Å². The van der Waals surface area contributed by atoms with Crippen molar-refractivity contribution >= 4 is 5.91 Å². The molecular weight excluding hydrogens is 198 g/mol. The number of fused-ring (bicyclic) bond motifs is 2. The molecule has 0 aromatic carbocycles. The van der Waals surface area contributed by atoms with Gasteiger partial charge < -0.3 is 5.32 Å². The van der Waals surface area contributed by atoms with Crippen LogP contribution in [0.5, 0.6) is 0 Å². The molecule has 0 saturated heterocycles. The first kappa shape index (κ1) is 10.6. The minimum absolute atomic E-state index is 0.341. The quantitative estimate of drug-likeness (QED) is 0.763. The van der Waals surface area contributed by atoms with Crippen LogP contribution >= 0.6 is 0 Å². The van der Waals surface area contributed by atoms with Gasteiger partial charge in [0.1, 0.15) is 0 Å². The first-order valence-electron chi connectivity index (χ1n) is 7.13. The Kier molecular flexibility index (Phi) is 2.91. The Morgan fingerprint density at radius 3 is 2.38 bits per heavy atom. The molecule has 3 aliphatic rings. The van der Waals surface area contributed by atoms with Crippen LogP contribution in [0, 0.1) is 17.8 Å². The smallest absolute Gasteiger partial charge is 0.223 e. The number of rotatable bonds is 2. The maximum Gasteiger partial charge on any atom is 0.223 e. The summed E-state index contributed by atoms with van der Waals surface area (Å²) in [5.41, 5.74) is 0. The van der Waals surface area contributed by atoms with E-state index < -0.39 is 0 Å². The molecule has 0 aromatic heterocycles. The van der Waals surface area contributed by atoms with Crippen molar-refractivity contribution in [3.8, 4) is 0 Å². The zero-order chi connectivity index (χ0) is 11.0. The van der Waals surface area contributed by atoms with Crippen LogP contribution in [-0.4, -0.2) is 11.9 Å². The summed E-state index contributed by atoms with van der Waals surface area (Å²) in [4.78, 5) is 12.1. The van der Waals surface area contributed by atoms with Crippen LogP contribution < -0.4 is 5.32 Å². The molecule has 2 heteroatoms. The fraction of sp³-hybridized carbons (Fsp3) is 0.929. The van der Waals surface area contributed by atoms with E-state index in [-0.39, 0.29) is 0 Å². The monoisotopic (exact) mass is 221 g/mol. The predicted molar refractivity (Wildman–Crippen MR) is 64.0 cm³/mol. The minimum atomic E-state index is 0.341. The fourth-order valence-electron chi connectivity index (χ4n) is 4.09. The van der Waals surface area contributed by atoms with Gasteiger partial charge >= 0.3 is 0 Å². The number of hydrogen-bond acceptors (Lipinski definition) is 1. The largest absolute Gasteiger partial charge is 0.353 e. The summed E-state index contributed by atoms with van der Waals surface area (Å²) in [6.45, 7) is 0. The van der Waals surface area contributed by atoms with E-state index in [1.165, 1.54) is 44.9 Å². The van der Waals surface area contributed by atoms with Crippen LogP contribution in [0.15, 0.2) is 0 Å². The Balaban J connectivity index is 1.52. The third-order valence-electron chi connectivity index (χ3n) is 5.04. The highest BCUT2D eigenvalue weighted by Crippen LogP contribution is 2.44. The molecule has 1 N–H and O–H groups in total. The van der Waals surface area contributed by atoms with Gasteiger partial charge in [0.05, 0.1) is 0 Å². The lowest BCUT2D eigenvalue weighted by Gasteiger charge is -2.27. The highest BCUT2D eigenvalue weighted by Gasteiger charge is 2.40. The maximum absolute atomic E-state index is 12.1. The molecule has 0 radical (unpaired) electrons. The lowest BCUT2D eigenvalue weighted by Crippen LogP contribution is -2.42. The highest BCUT2D eigenvalue weighted by atomic mass is 16.1. The molecule has 0 unspecified atom stereocenters. The van der Waals surface area contributed by atoms with Crippen molar-refractivity contribution in [1.29, 1.82) is 0 Å². The molecular formula is C14H23NO. The summed E-state index contributed by atoms with van der Waals surface area (Å²) in [7, 11) is 0. The van der Waals surface area contributed by atoms with Gasteiger partial charge in [-0.3, -0.25) is 4.79 Å². The molecule has 1 amide bonds. The van der Waals surface area contributed by atoms with E-state index in [1.54, 1.807) is 0 Å². The highest BCUT2D eigenvalue weighted by molar-refractivity contribution is 5.79. The Morgan fingerprint density at radius 2 is 1.75 bits per heavy atom. The minimum Gasteiger partial charge on any atom is -0.353 e. The Labute approximate surface area is 98.2 Å². The number of carbonyl (C=O) groups excluding carboxylic acids is 1. The topological polar surface area (TPSA) is 29.1 Å². The molecule has 3 saturated carbocycles. The molecule has 90 valence electrons. The average molecular weight is 221 g/mol. The van der Waals surface area contributed by atoms with E-state index in [9.17, 15) is 4.79 Å². The number of carbonyl (C=O) groups is 1. The van der Waals surface area contributed by atoms with Gasteiger partial charge in [-0.05, 0) is 43.9 Å². The normalized spacial score (nSPS) is 38.9. The van der Waals surface area contributed by atoms with Crippen LogP contribution in [0.25, 0.3) is 0 Å². The van der Waals surface area contributed by atoms with Crippen molar-refractivity contribution in [3.05, 3.63) is 0 Å². The standard InChI is InChI=1S/C14H23NO/c16-14(11-4-2-1-3-5-11)15-13-9-10-6-7-12(13)8-10/h10-13H,1-9H2,(H,15,16)/t10-,12-,13-/m1/s1. The molecule has 2 nitrogen and oxygen atoms in total. The first-order valence-corrected chi connectivity index (χ1v) is 7.13. The van der Waals surface area contributed by atoms with Gasteiger partial charge in [0.15, 0.2) is 0 Å². The zero-order valence-electron chi connectivity index (χ0n) is 10.1. The van der Waals surface area contributed by atoms with Gasteiger partial charge in [0.25, 0.3) is 0 Å². The van der Waals surface area contributed by atoms with Crippen LogP contribution in [-0.2, 0) is 4.79 Å². The predicted octanol–water partition coefficient (Wildman–Crippen LogP) is 2.87. The molecule has 3 atom stereocenters. The lowest BCUT2D eigenvalue weighted by molar-refractivity contribution is -0.127. The van der Waals surface area contributed by atoms with Crippen molar-refractivity contribution in [2.75, 3.05) is 0 Å². The molecule has 0 heterocycles. The molecule has 0 aliphatic heterocycles. The van der Waals surface area contributed by atoms with Gasteiger partial charge in [-0.25, -0.2) is 0 Å². The summed E-state index contributed by atoms with van der Waals surface area (Å²) < 4.78 is 0. The van der Waals surface area contributed by atoms with E-state index in [0.717, 1.165) is 24.7 Å². The second-order valence-electron chi connectivity index (χ2n) is 6.12. The van der Waals surface area contributed by atoms with Crippen LogP contribution in [0.3, 0.4) is 0 Å². The molecule has 3 rings (SSSR count). The molecule has 0 aromatic rings. The number of nitrogens with one attached hydrogen (secondary N) is 1. The van der Waals surface area contributed by atoms with E-state index in [0.29, 0.717) is 17.9 Å². The maximum atomic E-state index is 12.1. The van der Waals surface area contributed by atoms with Crippen LogP contribution in [0.4, 0.5) is 0 Å². The average Bonchev–Trinajstić information content (AvgIpc) is 2.92. The second kappa shape index (κ2) is 4.38. The number of amides is 1. The van der Waals surface area contributed by atoms with Gasteiger partial charge in [-0.2, -0.15) is 0 Å². The first-order chi connectivity index (χ1) is 7.83. The van der Waals surface area contributed by atoms with Crippen molar-refractivity contribution < 1.29 is 4.79 Å². The van der Waals surface area contributed by atoms with Gasteiger partial charge in [0.2, 0.25) is 5.91 Å². The van der Waals surface area contributed by atoms with Crippen LogP contribution in [0.1, 0.15) is 57.8 Å². The summed E-state index contributed by atoms with van der Waals surface area (Å²) in [5.74, 6) is 2.46. The molecule has 2 bridgehead atoms. The molecule has 3 aliphatic carbocycles. The Morgan fingerprint density at radius 1 is 0.938 bits per heavy atom. The van der Waals surface area contributed by atoms with E-state index in [4.69, 9.17) is 0 Å². The lowest BCUT2D eigenvalue weighted by atomic mass is 9.87. The molecule has 3 fully saturated rings. The molecule has 16 heavy (non-hydrogen) atoms. The SMILES string of the molecule is O=C(N[C@@H]1C[C@@H]2CC[C@@H]1C2)C1CCCCC1. The molecule has 0 spiro atoms. The van der Waals surface area contributed by atoms with Gasteiger partial charge in [-0.15, -0.1) is 0 Å². The fourth-order valence-corrected chi connectivity index (χ4v) is 4.09. The van der Waals surface area contributed by atoms with Crippen molar-refractivity contribution in [1.82, 2.24) is 5.32 Å². The third-order valence-corrected chi connectivity index (χ3v) is 5.04. The van der Waals surface area contributed by atoms with Gasteiger partial charge in [0, 0.05) is 12.0 Å². The Bertz CT molecular complexity index is 270. The second-order valence-corrected chi connectivity index (χ2v) is 6.12. The summed E-state index contributed by atoms with van der Waals surface area (Å²) >= 11 is 0. The van der Waals surface area contributed by atoms with Crippen molar-refractivity contribution in [3.63, 3.8) is 0 Å². The summed E-state index contributed by atoms with van der Waals surface area (Å²) in [6, 6.07) is 0.535. The van der Waals surface area contributed by atoms with Crippen molar-refractivity contribution in [2.45, 2.75) is 63.8 Å². The van der Waals surface area contributed by atoms with E-state index >= 15 is 0 Å². The van der Waals surface area contributed by atoms with Gasteiger partial charge in [-0.1, -0.05) is 25.7 Å². The summed E-state index contributed by atoms with van der Waals surface area (Å²) in [6.07, 6.45) is 11.5. The Hall–Kier alpha value is -0.530. The van der Waals surface area contributed by atoms with Crippen LogP contribution in [0.2, 0.25) is 0 Å². The zero-order valence-corrected chi connectivity index (χ0v) is 10.1.